The fraction of sp³-hybridized carbons (Fsp3) is 0.263. The van der Waals surface area contributed by atoms with Crippen LogP contribution in [0, 0.1) is 0 Å². The number of ether oxygens (including phenoxy) is 1. The van der Waals surface area contributed by atoms with Gasteiger partial charge in [0, 0.05) is 7.05 Å². The highest BCUT2D eigenvalue weighted by atomic mass is 16.5. The van der Waals surface area contributed by atoms with E-state index in [0.717, 1.165) is 0 Å². The van der Waals surface area contributed by atoms with E-state index >= 15 is 0 Å². The van der Waals surface area contributed by atoms with Crippen molar-refractivity contribution in [3.05, 3.63) is 65.3 Å². The summed E-state index contributed by atoms with van der Waals surface area (Å²) in [6.45, 7) is 3.86. The number of hydrogen-bond donors (Lipinski definition) is 1. The molecule has 0 bridgehead atoms. The summed E-state index contributed by atoms with van der Waals surface area (Å²) in [4.78, 5) is 26.2. The molecule has 0 aliphatic carbocycles. The first-order valence-electron chi connectivity index (χ1n) is 7.95. The molecular weight excluding hydrogens is 322 g/mol. The Morgan fingerprint density at radius 2 is 1.92 bits per heavy atom. The van der Waals surface area contributed by atoms with E-state index < -0.39 is 23.5 Å². The number of furan rings is 1. The van der Waals surface area contributed by atoms with Crippen molar-refractivity contribution in [2.24, 2.45) is 0 Å². The fourth-order valence-corrected chi connectivity index (χ4v) is 2.89. The molecule has 1 N–H and O–H groups in total. The third-order valence-corrected chi connectivity index (χ3v) is 4.00. The van der Waals surface area contributed by atoms with Crippen molar-refractivity contribution in [1.82, 2.24) is 4.90 Å². The van der Waals surface area contributed by atoms with Gasteiger partial charge < -0.3 is 19.2 Å². The zero-order valence-electron chi connectivity index (χ0n) is 14.2. The quantitative estimate of drug-likeness (QED) is 0.844. The van der Waals surface area contributed by atoms with Gasteiger partial charge in [-0.2, -0.15) is 0 Å². The molecule has 1 aromatic heterocycles. The maximum atomic E-state index is 12.7. The fourth-order valence-electron chi connectivity index (χ4n) is 2.89. The highest BCUT2D eigenvalue weighted by Gasteiger charge is 2.42. The highest BCUT2D eigenvalue weighted by molar-refractivity contribution is 6.14. The Hall–Kier alpha value is -3.02. The Kier molecular flexibility index (Phi) is 4.35. The number of Topliss-reactive ketones (excluding diaryl/α,β-unsaturated/α-hetero) is 1. The maximum absolute atomic E-state index is 12.7. The summed E-state index contributed by atoms with van der Waals surface area (Å²) in [5.74, 6) is -0.876. The standard InChI is InChI=1S/C19H19NO5/c1-11(2)25-13-8-6-12(7-9-13)16-15(18(22)19(23)20(16)3)17(21)14-5-4-10-24-14/h4-11,16,22H,1-3H3. The van der Waals surface area contributed by atoms with E-state index in [1.807, 2.05) is 13.8 Å². The first kappa shape index (κ1) is 16.8. The molecule has 0 saturated heterocycles. The van der Waals surface area contributed by atoms with E-state index in [1.54, 1.807) is 37.4 Å². The SMILES string of the molecule is CC(C)Oc1ccc(C2C(C(=O)c3ccco3)=C(O)C(=O)N2C)cc1. The van der Waals surface area contributed by atoms with E-state index in [9.17, 15) is 14.7 Å². The molecule has 2 aromatic rings. The molecule has 0 saturated carbocycles. The van der Waals surface area contributed by atoms with Gasteiger partial charge in [0.25, 0.3) is 5.91 Å². The van der Waals surface area contributed by atoms with Crippen molar-refractivity contribution < 1.29 is 23.8 Å². The summed E-state index contributed by atoms with van der Waals surface area (Å²) in [5, 5.41) is 10.2. The molecule has 0 fully saturated rings. The van der Waals surface area contributed by atoms with Crippen molar-refractivity contribution in [1.29, 1.82) is 0 Å². The molecule has 0 spiro atoms. The van der Waals surface area contributed by atoms with Gasteiger partial charge in [0.15, 0.2) is 11.5 Å². The maximum Gasteiger partial charge on any atom is 0.289 e. The average Bonchev–Trinajstić information content (AvgIpc) is 3.18. The molecule has 1 unspecified atom stereocenters. The number of nitrogens with zero attached hydrogens (tertiary/aromatic N) is 1. The number of ketones is 1. The Balaban J connectivity index is 1.98. The zero-order valence-corrected chi connectivity index (χ0v) is 14.2. The lowest BCUT2D eigenvalue weighted by molar-refractivity contribution is -0.128. The summed E-state index contributed by atoms with van der Waals surface area (Å²) >= 11 is 0. The van der Waals surface area contributed by atoms with Gasteiger partial charge in [0.1, 0.15) is 5.75 Å². The van der Waals surface area contributed by atoms with E-state index in [4.69, 9.17) is 9.15 Å². The van der Waals surface area contributed by atoms with Gasteiger partial charge in [-0.05, 0) is 43.7 Å². The molecule has 25 heavy (non-hydrogen) atoms. The molecule has 2 heterocycles. The summed E-state index contributed by atoms with van der Waals surface area (Å²) in [7, 11) is 1.55. The first-order chi connectivity index (χ1) is 11.9. The number of aliphatic hydroxyl groups excluding tert-OH is 1. The molecule has 1 aromatic carbocycles. The third-order valence-electron chi connectivity index (χ3n) is 4.00. The second-order valence-electron chi connectivity index (χ2n) is 6.12. The number of benzene rings is 1. The number of carbonyl (C=O) groups excluding carboxylic acids is 2. The highest BCUT2D eigenvalue weighted by Crippen LogP contribution is 2.38. The van der Waals surface area contributed by atoms with Crippen LogP contribution in [0.1, 0.15) is 36.0 Å². The van der Waals surface area contributed by atoms with Gasteiger partial charge in [0.2, 0.25) is 5.78 Å². The van der Waals surface area contributed by atoms with Crippen LogP contribution in [0.25, 0.3) is 0 Å². The first-order valence-corrected chi connectivity index (χ1v) is 7.95. The summed E-state index contributed by atoms with van der Waals surface area (Å²) < 4.78 is 10.7. The smallest absolute Gasteiger partial charge is 0.289 e. The van der Waals surface area contributed by atoms with Crippen molar-refractivity contribution in [3.8, 4) is 5.75 Å². The molecule has 1 aliphatic rings. The minimum atomic E-state index is -0.682. The van der Waals surface area contributed by atoms with Crippen LogP contribution >= 0.6 is 0 Å². The number of rotatable bonds is 5. The van der Waals surface area contributed by atoms with Crippen molar-refractivity contribution in [3.63, 3.8) is 0 Å². The van der Waals surface area contributed by atoms with Crippen LogP contribution in [0.2, 0.25) is 0 Å². The van der Waals surface area contributed by atoms with E-state index in [2.05, 4.69) is 0 Å². The lowest BCUT2D eigenvalue weighted by Crippen LogP contribution is -2.26. The topological polar surface area (TPSA) is 80.0 Å². The van der Waals surface area contributed by atoms with Gasteiger partial charge >= 0.3 is 0 Å². The zero-order chi connectivity index (χ0) is 18.1. The molecule has 130 valence electrons. The molecule has 1 amide bonds. The molecule has 0 radical (unpaired) electrons. The molecular formula is C19H19NO5. The lowest BCUT2D eigenvalue weighted by Gasteiger charge is -2.22. The Morgan fingerprint density at radius 3 is 2.48 bits per heavy atom. The van der Waals surface area contributed by atoms with Crippen LogP contribution in [0.4, 0.5) is 0 Å². The summed E-state index contributed by atoms with van der Waals surface area (Å²) in [5.41, 5.74) is 0.714. The predicted octanol–water partition coefficient (Wildman–Crippen LogP) is 3.27. The molecule has 3 rings (SSSR count). The van der Waals surface area contributed by atoms with Gasteiger partial charge in [-0.15, -0.1) is 0 Å². The normalized spacial score (nSPS) is 17.5. The number of carbonyl (C=O) groups is 2. The van der Waals surface area contributed by atoms with Crippen LogP contribution in [0.3, 0.4) is 0 Å². The minimum absolute atomic E-state index is 0.0139. The number of hydrogen-bond acceptors (Lipinski definition) is 5. The van der Waals surface area contributed by atoms with E-state index in [0.29, 0.717) is 11.3 Å². The van der Waals surface area contributed by atoms with E-state index in [1.165, 1.54) is 17.2 Å². The van der Waals surface area contributed by atoms with Crippen molar-refractivity contribution in [2.45, 2.75) is 26.0 Å². The van der Waals surface area contributed by atoms with E-state index in [-0.39, 0.29) is 17.4 Å². The number of likely N-dealkylation sites (N-methyl/N-ethyl adjacent to an activating group) is 1. The minimum Gasteiger partial charge on any atom is -0.503 e. The van der Waals surface area contributed by atoms with Gasteiger partial charge in [-0.3, -0.25) is 9.59 Å². The number of aliphatic hydroxyl groups is 1. The van der Waals surface area contributed by atoms with Gasteiger partial charge in [-0.1, -0.05) is 12.1 Å². The second kappa shape index (κ2) is 6.47. The van der Waals surface area contributed by atoms with Gasteiger partial charge in [0.05, 0.1) is 24.0 Å². The van der Waals surface area contributed by atoms with Crippen LogP contribution in [0.15, 0.2) is 58.4 Å². The molecule has 6 nitrogen and oxygen atoms in total. The summed E-state index contributed by atoms with van der Waals surface area (Å²) in [6, 6.07) is 9.51. The van der Waals surface area contributed by atoms with Crippen molar-refractivity contribution >= 4 is 11.7 Å². The van der Waals surface area contributed by atoms with Crippen LogP contribution in [0.5, 0.6) is 5.75 Å². The Bertz CT molecular complexity index is 818. The third kappa shape index (κ3) is 3.03. The average molecular weight is 341 g/mol. The second-order valence-corrected chi connectivity index (χ2v) is 6.12. The molecule has 1 atom stereocenters. The Morgan fingerprint density at radius 1 is 1.24 bits per heavy atom. The Labute approximate surface area is 145 Å². The number of amides is 1. The molecule has 1 aliphatic heterocycles. The lowest BCUT2D eigenvalue weighted by atomic mass is 9.95. The van der Waals surface area contributed by atoms with Crippen LogP contribution < -0.4 is 4.74 Å². The van der Waals surface area contributed by atoms with Gasteiger partial charge in [-0.25, -0.2) is 0 Å². The van der Waals surface area contributed by atoms with Crippen molar-refractivity contribution in [2.75, 3.05) is 7.05 Å². The van der Waals surface area contributed by atoms with Crippen LogP contribution in [-0.2, 0) is 4.79 Å². The largest absolute Gasteiger partial charge is 0.503 e. The predicted molar refractivity (Wildman–Crippen MR) is 90.4 cm³/mol. The molecule has 6 heteroatoms. The summed E-state index contributed by atoms with van der Waals surface area (Å²) in [6.07, 6.45) is 1.42. The monoisotopic (exact) mass is 341 g/mol. The van der Waals surface area contributed by atoms with Crippen LogP contribution in [-0.4, -0.2) is 34.8 Å².